The van der Waals surface area contributed by atoms with Crippen molar-refractivity contribution < 1.29 is 4.98 Å². The third-order valence-electron chi connectivity index (χ3n) is 3.46. The number of benzene rings is 1. The number of hydrogen-bond acceptors (Lipinski definition) is 5. The number of thiophene rings is 1. The van der Waals surface area contributed by atoms with E-state index in [2.05, 4.69) is 17.1 Å². The Morgan fingerprint density at radius 3 is 2.42 bits per heavy atom. The molecule has 0 bridgehead atoms. The normalized spacial score (nSPS) is 10.1. The fourth-order valence-corrected chi connectivity index (χ4v) is 4.11. The summed E-state index contributed by atoms with van der Waals surface area (Å²) in [5.41, 5.74) is 8.58. The van der Waals surface area contributed by atoms with Crippen LogP contribution in [0.3, 0.4) is 0 Å². The maximum Gasteiger partial charge on any atom is 0.289 e. The van der Waals surface area contributed by atoms with E-state index in [-0.39, 0.29) is 5.82 Å². The van der Waals surface area contributed by atoms with Gasteiger partial charge in [-0.25, -0.2) is 4.98 Å². The summed E-state index contributed by atoms with van der Waals surface area (Å²) in [5.74, 6) is 0.997. The van der Waals surface area contributed by atoms with Crippen LogP contribution in [0.5, 0.6) is 0 Å². The van der Waals surface area contributed by atoms with E-state index in [0.717, 1.165) is 10.4 Å². The Hall–Kier alpha value is -2.80. The van der Waals surface area contributed by atoms with E-state index >= 15 is 0 Å². The maximum absolute atomic E-state index is 9.68. The van der Waals surface area contributed by atoms with Crippen LogP contribution >= 0.6 is 23.1 Å². The van der Waals surface area contributed by atoms with E-state index in [1.54, 1.807) is 0 Å². The van der Waals surface area contributed by atoms with Gasteiger partial charge in [-0.1, -0.05) is 48.2 Å². The Bertz CT molecular complexity index is 936. The number of thioether (sulfide) groups is 1. The van der Waals surface area contributed by atoms with Crippen LogP contribution in [0.15, 0.2) is 52.9 Å². The summed E-state index contributed by atoms with van der Waals surface area (Å²) >= 11 is 2.99. The molecule has 3 aromatic rings. The summed E-state index contributed by atoms with van der Waals surface area (Å²) in [6.07, 6.45) is 0. The Balaban J connectivity index is 2.08. The standard InChI is InChI=1S/C18H12N4S2/c19-9-13-16(15-7-4-8-23-15)14(10-20)18(22-17(13)21)24-11-12-5-2-1-3-6-12/h1-8H,11H2,(H2,21,22)/p+1. The second-order valence-corrected chi connectivity index (χ2v) is 6.90. The lowest BCUT2D eigenvalue weighted by Crippen LogP contribution is -2.18. The van der Waals surface area contributed by atoms with Gasteiger partial charge in [-0.15, -0.1) is 11.3 Å². The van der Waals surface area contributed by atoms with Gasteiger partial charge in [-0.3, -0.25) is 5.73 Å². The van der Waals surface area contributed by atoms with Crippen molar-refractivity contribution in [2.24, 2.45) is 0 Å². The molecule has 0 fully saturated rings. The molecule has 0 saturated carbocycles. The zero-order valence-electron chi connectivity index (χ0n) is 12.6. The molecule has 3 N–H and O–H groups in total. The second kappa shape index (κ2) is 7.18. The third-order valence-corrected chi connectivity index (χ3v) is 5.42. The van der Waals surface area contributed by atoms with E-state index in [1.165, 1.54) is 23.1 Å². The van der Waals surface area contributed by atoms with Crippen LogP contribution in [0.25, 0.3) is 10.4 Å². The lowest BCUT2D eigenvalue weighted by Gasteiger charge is -2.08. The predicted molar refractivity (Wildman–Crippen MR) is 96.2 cm³/mol. The molecular formula is C18H13N4S2+. The number of pyridine rings is 1. The summed E-state index contributed by atoms with van der Waals surface area (Å²) in [6.45, 7) is 0. The third kappa shape index (κ3) is 3.11. The molecule has 0 amide bonds. The largest absolute Gasteiger partial charge is 0.289 e. The minimum absolute atomic E-state index is 0.287. The summed E-state index contributed by atoms with van der Waals surface area (Å²) in [6, 6.07) is 18.1. The van der Waals surface area contributed by atoms with Crippen LogP contribution in [0, 0.1) is 22.7 Å². The van der Waals surface area contributed by atoms with Crippen LogP contribution in [0.1, 0.15) is 16.7 Å². The molecule has 0 aliphatic rings. The molecule has 2 aromatic heterocycles. The minimum atomic E-state index is 0.287. The Kier molecular flexibility index (Phi) is 4.81. The summed E-state index contributed by atoms with van der Waals surface area (Å²) < 4.78 is 0. The molecule has 0 aliphatic heterocycles. The van der Waals surface area contributed by atoms with Crippen LogP contribution < -0.4 is 10.7 Å². The molecule has 0 atom stereocenters. The number of anilines is 1. The maximum atomic E-state index is 9.68. The van der Waals surface area contributed by atoms with Gasteiger partial charge >= 0.3 is 0 Å². The van der Waals surface area contributed by atoms with Crippen molar-refractivity contribution in [3.05, 3.63) is 64.5 Å². The van der Waals surface area contributed by atoms with Gasteiger partial charge in [0.05, 0.1) is 0 Å². The van der Waals surface area contributed by atoms with Crippen LogP contribution in [0.4, 0.5) is 5.82 Å². The van der Waals surface area contributed by atoms with Crippen molar-refractivity contribution in [3.63, 3.8) is 0 Å². The molecule has 4 nitrogen and oxygen atoms in total. The molecule has 0 radical (unpaired) electrons. The summed E-state index contributed by atoms with van der Waals surface area (Å²) in [4.78, 5) is 3.89. The number of nitriles is 2. The highest BCUT2D eigenvalue weighted by atomic mass is 32.2. The van der Waals surface area contributed by atoms with Crippen molar-refractivity contribution in [1.82, 2.24) is 0 Å². The number of H-pyrrole nitrogens is 1. The van der Waals surface area contributed by atoms with E-state index in [9.17, 15) is 10.5 Å². The van der Waals surface area contributed by atoms with Crippen LogP contribution in [-0.2, 0) is 5.75 Å². The van der Waals surface area contributed by atoms with Crippen molar-refractivity contribution in [3.8, 4) is 22.6 Å². The molecule has 24 heavy (non-hydrogen) atoms. The van der Waals surface area contributed by atoms with E-state index < -0.39 is 0 Å². The van der Waals surface area contributed by atoms with Gasteiger partial charge in [-0.2, -0.15) is 10.5 Å². The van der Waals surface area contributed by atoms with Gasteiger partial charge in [-0.05, 0) is 17.0 Å². The second-order valence-electron chi connectivity index (χ2n) is 4.97. The molecule has 6 heteroatoms. The highest BCUT2D eigenvalue weighted by molar-refractivity contribution is 7.98. The molecular weight excluding hydrogens is 336 g/mol. The zero-order valence-corrected chi connectivity index (χ0v) is 14.2. The first kappa shape index (κ1) is 16.1. The van der Waals surface area contributed by atoms with Gasteiger partial charge in [0.15, 0.2) is 10.6 Å². The molecule has 0 saturated heterocycles. The fourth-order valence-electron chi connectivity index (χ4n) is 2.35. The first-order valence-corrected chi connectivity index (χ1v) is 9.00. The molecule has 0 unspecified atom stereocenters. The van der Waals surface area contributed by atoms with E-state index in [0.29, 0.717) is 27.5 Å². The Labute approximate surface area is 148 Å². The number of nitrogens with zero attached hydrogens (tertiary/aromatic N) is 2. The Morgan fingerprint density at radius 2 is 1.79 bits per heavy atom. The highest BCUT2D eigenvalue weighted by Gasteiger charge is 2.24. The molecule has 0 aliphatic carbocycles. The molecule has 1 aromatic carbocycles. The average molecular weight is 349 g/mol. The number of aromatic amines is 1. The predicted octanol–water partition coefficient (Wildman–Crippen LogP) is 3.85. The molecule has 3 rings (SSSR count). The van der Waals surface area contributed by atoms with Crippen molar-refractivity contribution in [2.45, 2.75) is 10.8 Å². The number of hydrogen-bond donors (Lipinski definition) is 1. The van der Waals surface area contributed by atoms with Gasteiger partial charge in [0.2, 0.25) is 0 Å². The van der Waals surface area contributed by atoms with Crippen molar-refractivity contribution in [2.75, 3.05) is 5.73 Å². The minimum Gasteiger partial charge on any atom is -0.286 e. The molecule has 0 spiro atoms. The van der Waals surface area contributed by atoms with Gasteiger partial charge < -0.3 is 0 Å². The highest BCUT2D eigenvalue weighted by Crippen LogP contribution is 2.36. The number of nitrogen functional groups attached to an aromatic ring is 1. The SMILES string of the molecule is N#Cc1c(N)[nH+]c(SCc2ccccc2)c(C#N)c1-c1cccs1. The number of aromatic nitrogens is 1. The summed E-state index contributed by atoms with van der Waals surface area (Å²) in [7, 11) is 0. The van der Waals surface area contributed by atoms with Gasteiger partial charge in [0, 0.05) is 16.2 Å². The first-order chi connectivity index (χ1) is 11.7. The van der Waals surface area contributed by atoms with Gasteiger partial charge in [0.1, 0.15) is 17.7 Å². The summed E-state index contributed by atoms with van der Waals surface area (Å²) in [5, 5.41) is 21.7. The first-order valence-electron chi connectivity index (χ1n) is 7.14. The van der Waals surface area contributed by atoms with Crippen LogP contribution in [0.2, 0.25) is 0 Å². The zero-order chi connectivity index (χ0) is 16.9. The lowest BCUT2D eigenvalue weighted by molar-refractivity contribution is -0.410. The lowest BCUT2D eigenvalue weighted by atomic mass is 10.0. The van der Waals surface area contributed by atoms with Crippen molar-refractivity contribution in [1.29, 1.82) is 10.5 Å². The molecule has 116 valence electrons. The van der Waals surface area contributed by atoms with Crippen LogP contribution in [-0.4, -0.2) is 0 Å². The van der Waals surface area contributed by atoms with Crippen molar-refractivity contribution >= 4 is 28.9 Å². The molecule has 2 heterocycles. The fraction of sp³-hybridized carbons (Fsp3) is 0.0556. The Morgan fingerprint density at radius 1 is 1.04 bits per heavy atom. The van der Waals surface area contributed by atoms with Gasteiger partial charge in [0.25, 0.3) is 5.82 Å². The monoisotopic (exact) mass is 349 g/mol. The number of nitrogens with two attached hydrogens (primary N) is 1. The number of nitrogens with one attached hydrogen (secondary N) is 1. The number of rotatable bonds is 4. The topological polar surface area (TPSA) is 87.7 Å². The van der Waals surface area contributed by atoms with E-state index in [4.69, 9.17) is 5.73 Å². The van der Waals surface area contributed by atoms with E-state index in [1.807, 2.05) is 47.8 Å². The smallest absolute Gasteiger partial charge is 0.286 e. The average Bonchev–Trinajstić information content (AvgIpc) is 3.14. The quantitative estimate of drug-likeness (QED) is 0.725.